The average Bonchev–Trinajstić information content (AvgIpc) is 2.95. The SMILES string of the molecule is N#CC1(c2ccc(O)c(F)c2F)CC1. The zero-order valence-corrected chi connectivity index (χ0v) is 7.22. The molecule has 1 aromatic rings. The van der Waals surface area contributed by atoms with Crippen molar-refractivity contribution in [2.75, 3.05) is 0 Å². The van der Waals surface area contributed by atoms with E-state index >= 15 is 0 Å². The number of benzene rings is 1. The van der Waals surface area contributed by atoms with Gasteiger partial charge in [-0.05, 0) is 18.9 Å². The van der Waals surface area contributed by atoms with Gasteiger partial charge in [-0.25, -0.2) is 4.39 Å². The van der Waals surface area contributed by atoms with Crippen LogP contribution < -0.4 is 0 Å². The summed E-state index contributed by atoms with van der Waals surface area (Å²) in [7, 11) is 0. The third kappa shape index (κ3) is 1.06. The van der Waals surface area contributed by atoms with Crippen LogP contribution in [0.1, 0.15) is 18.4 Å². The van der Waals surface area contributed by atoms with Gasteiger partial charge in [-0.1, -0.05) is 6.07 Å². The van der Waals surface area contributed by atoms with Crippen LogP contribution in [0.5, 0.6) is 5.75 Å². The highest BCUT2D eigenvalue weighted by Gasteiger charge is 2.47. The van der Waals surface area contributed by atoms with Crippen molar-refractivity contribution in [2.45, 2.75) is 18.3 Å². The van der Waals surface area contributed by atoms with Crippen molar-refractivity contribution in [3.05, 3.63) is 29.3 Å². The molecule has 0 atom stereocenters. The maximum absolute atomic E-state index is 13.3. The minimum Gasteiger partial charge on any atom is -0.505 e. The monoisotopic (exact) mass is 195 g/mol. The van der Waals surface area contributed by atoms with Crippen LogP contribution in [0.15, 0.2) is 12.1 Å². The minimum atomic E-state index is -1.27. The van der Waals surface area contributed by atoms with E-state index in [9.17, 15) is 8.78 Å². The van der Waals surface area contributed by atoms with E-state index in [4.69, 9.17) is 10.4 Å². The second kappa shape index (κ2) is 2.68. The lowest BCUT2D eigenvalue weighted by atomic mass is 9.97. The normalized spacial score (nSPS) is 17.5. The van der Waals surface area contributed by atoms with Crippen molar-refractivity contribution < 1.29 is 13.9 Å². The maximum Gasteiger partial charge on any atom is 0.200 e. The average molecular weight is 195 g/mol. The number of phenolic OH excluding ortho intramolecular Hbond substituents is 1. The van der Waals surface area contributed by atoms with Gasteiger partial charge in [0, 0.05) is 5.56 Å². The molecule has 0 spiro atoms. The number of rotatable bonds is 1. The van der Waals surface area contributed by atoms with Gasteiger partial charge in [-0.15, -0.1) is 0 Å². The van der Waals surface area contributed by atoms with Gasteiger partial charge in [0.1, 0.15) is 0 Å². The van der Waals surface area contributed by atoms with Gasteiger partial charge in [0.2, 0.25) is 5.82 Å². The molecule has 14 heavy (non-hydrogen) atoms. The van der Waals surface area contributed by atoms with Crippen LogP contribution in [0, 0.1) is 23.0 Å². The molecule has 1 N–H and O–H groups in total. The van der Waals surface area contributed by atoms with Crippen LogP contribution in [-0.2, 0) is 5.41 Å². The van der Waals surface area contributed by atoms with Gasteiger partial charge in [0.25, 0.3) is 0 Å². The first-order valence-corrected chi connectivity index (χ1v) is 4.19. The van der Waals surface area contributed by atoms with Gasteiger partial charge in [-0.2, -0.15) is 9.65 Å². The van der Waals surface area contributed by atoms with Crippen LogP contribution in [0.3, 0.4) is 0 Å². The molecule has 4 heteroatoms. The van der Waals surface area contributed by atoms with E-state index in [2.05, 4.69) is 0 Å². The van der Waals surface area contributed by atoms with Crippen molar-refractivity contribution >= 4 is 0 Å². The molecular formula is C10H7F2NO. The standard InChI is InChI=1S/C10H7F2NO/c11-8-6(10(5-13)3-4-10)1-2-7(14)9(8)12/h1-2,14H,3-4H2. The second-order valence-electron chi connectivity index (χ2n) is 3.45. The first-order valence-electron chi connectivity index (χ1n) is 4.19. The smallest absolute Gasteiger partial charge is 0.200 e. The van der Waals surface area contributed by atoms with Crippen LogP contribution >= 0.6 is 0 Å². The summed E-state index contributed by atoms with van der Waals surface area (Å²) < 4.78 is 26.3. The first kappa shape index (κ1) is 8.95. The molecule has 1 saturated carbocycles. The van der Waals surface area contributed by atoms with Crippen molar-refractivity contribution in [1.82, 2.24) is 0 Å². The molecule has 1 aliphatic carbocycles. The predicted molar refractivity (Wildman–Crippen MR) is 44.5 cm³/mol. The van der Waals surface area contributed by atoms with Crippen molar-refractivity contribution in [3.63, 3.8) is 0 Å². The van der Waals surface area contributed by atoms with Crippen molar-refractivity contribution in [1.29, 1.82) is 5.26 Å². The predicted octanol–water partition coefficient (Wildman–Crippen LogP) is 2.23. The summed E-state index contributed by atoms with van der Waals surface area (Å²) in [4.78, 5) is 0. The highest BCUT2D eigenvalue weighted by atomic mass is 19.2. The van der Waals surface area contributed by atoms with E-state index in [0.717, 1.165) is 6.07 Å². The van der Waals surface area contributed by atoms with E-state index in [1.807, 2.05) is 6.07 Å². The molecule has 2 rings (SSSR count). The first-order chi connectivity index (χ1) is 6.60. The number of phenols is 1. The number of hydrogen-bond donors (Lipinski definition) is 1. The van der Waals surface area contributed by atoms with E-state index in [1.54, 1.807) is 0 Å². The summed E-state index contributed by atoms with van der Waals surface area (Å²) in [5.74, 6) is -3.10. The van der Waals surface area contributed by atoms with Gasteiger partial charge < -0.3 is 5.11 Å². The quantitative estimate of drug-likeness (QED) is 0.746. The van der Waals surface area contributed by atoms with Gasteiger partial charge >= 0.3 is 0 Å². The Morgan fingerprint density at radius 3 is 2.43 bits per heavy atom. The topological polar surface area (TPSA) is 44.0 Å². The minimum absolute atomic E-state index is 0.0512. The summed E-state index contributed by atoms with van der Waals surface area (Å²) in [5.41, 5.74) is -0.811. The summed E-state index contributed by atoms with van der Waals surface area (Å²) in [6.45, 7) is 0. The molecule has 0 radical (unpaired) electrons. The van der Waals surface area contributed by atoms with Crippen LogP contribution in [0.2, 0.25) is 0 Å². The summed E-state index contributed by atoms with van der Waals surface area (Å²) in [5, 5.41) is 17.7. The zero-order valence-electron chi connectivity index (χ0n) is 7.22. The highest BCUT2D eigenvalue weighted by Crippen LogP contribution is 2.49. The number of nitriles is 1. The van der Waals surface area contributed by atoms with E-state index < -0.39 is 22.8 Å². The summed E-state index contributed by atoms with van der Waals surface area (Å²) in [6.07, 6.45) is 1.09. The molecule has 0 saturated heterocycles. The van der Waals surface area contributed by atoms with Gasteiger partial charge in [-0.3, -0.25) is 0 Å². The summed E-state index contributed by atoms with van der Waals surface area (Å²) in [6, 6.07) is 4.31. The Bertz CT molecular complexity index is 432. The fourth-order valence-corrected chi connectivity index (χ4v) is 1.48. The lowest BCUT2D eigenvalue weighted by molar-refractivity contribution is 0.402. The molecule has 0 unspecified atom stereocenters. The largest absolute Gasteiger partial charge is 0.505 e. The molecule has 2 nitrogen and oxygen atoms in total. The van der Waals surface area contributed by atoms with E-state index in [0.29, 0.717) is 12.8 Å². The number of nitrogens with zero attached hydrogens (tertiary/aromatic N) is 1. The highest BCUT2D eigenvalue weighted by molar-refractivity contribution is 5.43. The molecule has 0 aliphatic heterocycles. The zero-order chi connectivity index (χ0) is 10.3. The van der Waals surface area contributed by atoms with Crippen molar-refractivity contribution in [3.8, 4) is 11.8 Å². The van der Waals surface area contributed by atoms with Crippen LogP contribution in [0.4, 0.5) is 8.78 Å². The van der Waals surface area contributed by atoms with E-state index in [1.165, 1.54) is 6.07 Å². The Morgan fingerprint density at radius 2 is 1.93 bits per heavy atom. The maximum atomic E-state index is 13.3. The van der Waals surface area contributed by atoms with E-state index in [-0.39, 0.29) is 5.56 Å². The fraction of sp³-hybridized carbons (Fsp3) is 0.300. The number of aromatic hydroxyl groups is 1. The molecule has 0 heterocycles. The van der Waals surface area contributed by atoms with Crippen LogP contribution in [0.25, 0.3) is 0 Å². The second-order valence-corrected chi connectivity index (χ2v) is 3.45. The Balaban J connectivity index is 2.57. The Morgan fingerprint density at radius 1 is 1.29 bits per heavy atom. The molecule has 72 valence electrons. The molecular weight excluding hydrogens is 188 g/mol. The fourth-order valence-electron chi connectivity index (χ4n) is 1.48. The van der Waals surface area contributed by atoms with Gasteiger partial charge in [0.05, 0.1) is 11.5 Å². The molecule has 0 amide bonds. The molecule has 0 bridgehead atoms. The molecule has 1 aliphatic rings. The van der Waals surface area contributed by atoms with Gasteiger partial charge in [0.15, 0.2) is 11.6 Å². The lowest BCUT2D eigenvalue weighted by Gasteiger charge is -2.08. The third-order valence-corrected chi connectivity index (χ3v) is 2.54. The lowest BCUT2D eigenvalue weighted by Crippen LogP contribution is -2.07. The van der Waals surface area contributed by atoms with Crippen LogP contribution in [-0.4, -0.2) is 5.11 Å². The Kier molecular flexibility index (Phi) is 1.71. The Labute approximate surface area is 79.4 Å². The molecule has 1 fully saturated rings. The molecule has 1 aromatic carbocycles. The number of hydrogen-bond acceptors (Lipinski definition) is 2. The third-order valence-electron chi connectivity index (χ3n) is 2.54. The number of halogens is 2. The summed E-state index contributed by atoms with van der Waals surface area (Å²) >= 11 is 0. The van der Waals surface area contributed by atoms with Crippen molar-refractivity contribution in [2.24, 2.45) is 0 Å². The molecule has 0 aromatic heterocycles. The Hall–Kier alpha value is -1.63.